The van der Waals surface area contributed by atoms with Crippen molar-refractivity contribution in [3.8, 4) is 0 Å². The van der Waals surface area contributed by atoms with E-state index in [0.29, 0.717) is 0 Å². The quantitative estimate of drug-likeness (QED) is 0.870. The number of carbonyl (C=O) groups excluding carboxylic acids is 1. The maximum Gasteiger partial charge on any atom is 0.305 e. The number of hydrogen-bond acceptors (Lipinski definition) is 2. The predicted octanol–water partition coefficient (Wildman–Crippen LogP) is 2.07. The fourth-order valence-electron chi connectivity index (χ4n) is 1.26. The number of carbonyl (C=O) groups is 2. The van der Waals surface area contributed by atoms with Crippen LogP contribution in [-0.4, -0.2) is 23.0 Å². The van der Waals surface area contributed by atoms with Crippen molar-refractivity contribution in [3.05, 3.63) is 34.6 Å². The zero-order valence-corrected chi connectivity index (χ0v) is 9.79. The molecule has 4 nitrogen and oxygen atoms in total. The Morgan fingerprint density at radius 2 is 2.18 bits per heavy atom. The molecule has 17 heavy (non-hydrogen) atoms. The van der Waals surface area contributed by atoms with Crippen LogP contribution in [0.4, 0.5) is 4.39 Å². The Bertz CT molecular complexity index is 450. The van der Waals surface area contributed by atoms with Gasteiger partial charge in [0.15, 0.2) is 0 Å². The molecule has 1 rings (SSSR count). The molecule has 2 N–H and O–H groups in total. The molecule has 0 saturated carbocycles. The number of halogens is 2. The predicted molar refractivity (Wildman–Crippen MR) is 60.6 cm³/mol. The van der Waals surface area contributed by atoms with Crippen molar-refractivity contribution in [1.29, 1.82) is 0 Å². The lowest BCUT2D eigenvalue weighted by Gasteiger charge is -2.11. The van der Waals surface area contributed by atoms with Gasteiger partial charge in [-0.3, -0.25) is 9.59 Å². The van der Waals surface area contributed by atoms with E-state index in [0.717, 1.165) is 6.07 Å². The van der Waals surface area contributed by atoms with Gasteiger partial charge in [0.05, 0.1) is 11.4 Å². The minimum Gasteiger partial charge on any atom is -0.481 e. The smallest absolute Gasteiger partial charge is 0.305 e. The first kappa shape index (κ1) is 13.4. The lowest BCUT2D eigenvalue weighted by molar-refractivity contribution is -0.137. The van der Waals surface area contributed by atoms with E-state index in [2.05, 4.69) is 5.32 Å². The molecule has 1 amide bonds. The summed E-state index contributed by atoms with van der Waals surface area (Å²) in [7, 11) is 0. The number of rotatable bonds is 4. The van der Waals surface area contributed by atoms with E-state index < -0.39 is 23.7 Å². The van der Waals surface area contributed by atoms with Gasteiger partial charge < -0.3 is 10.4 Å². The second-order valence-corrected chi connectivity index (χ2v) is 4.01. The van der Waals surface area contributed by atoms with Crippen LogP contribution in [0.5, 0.6) is 0 Å². The molecular formula is C11H11ClFNO3. The van der Waals surface area contributed by atoms with Crippen molar-refractivity contribution in [1.82, 2.24) is 5.32 Å². The third kappa shape index (κ3) is 4.03. The number of hydrogen-bond donors (Lipinski definition) is 2. The molecule has 1 atom stereocenters. The number of nitrogens with one attached hydrogen (secondary N) is 1. The van der Waals surface area contributed by atoms with Gasteiger partial charge in [0.1, 0.15) is 5.82 Å². The van der Waals surface area contributed by atoms with Crippen LogP contribution in [0.15, 0.2) is 18.2 Å². The highest BCUT2D eigenvalue weighted by atomic mass is 35.5. The molecule has 0 spiro atoms. The summed E-state index contributed by atoms with van der Waals surface area (Å²) in [4.78, 5) is 22.0. The fraction of sp³-hybridized carbons (Fsp3) is 0.273. The van der Waals surface area contributed by atoms with E-state index in [1.165, 1.54) is 12.1 Å². The summed E-state index contributed by atoms with van der Waals surface area (Å²) in [6, 6.07) is 3.05. The minimum absolute atomic E-state index is 0.150. The second kappa shape index (κ2) is 5.63. The van der Waals surface area contributed by atoms with Crippen LogP contribution in [0.25, 0.3) is 0 Å². The van der Waals surface area contributed by atoms with Gasteiger partial charge in [0, 0.05) is 11.6 Å². The van der Waals surface area contributed by atoms with Crippen LogP contribution in [-0.2, 0) is 4.79 Å². The van der Waals surface area contributed by atoms with Gasteiger partial charge in [0.25, 0.3) is 5.91 Å². The highest BCUT2D eigenvalue weighted by Crippen LogP contribution is 2.16. The average Bonchev–Trinajstić information content (AvgIpc) is 2.20. The zero-order valence-electron chi connectivity index (χ0n) is 9.04. The summed E-state index contributed by atoms with van der Waals surface area (Å²) < 4.78 is 12.9. The molecule has 0 heterocycles. The second-order valence-electron chi connectivity index (χ2n) is 3.60. The zero-order chi connectivity index (χ0) is 13.0. The standard InChI is InChI=1S/C11H11ClFNO3/c1-6(4-10(15)16)14-11(17)7-2-3-9(13)8(12)5-7/h2-3,5-6H,4H2,1H3,(H,14,17)(H,15,16). The molecule has 0 bridgehead atoms. The summed E-state index contributed by atoms with van der Waals surface area (Å²) in [5.41, 5.74) is 0.189. The minimum atomic E-state index is -1.00. The number of carboxylic acid groups (broad SMARTS) is 1. The highest BCUT2D eigenvalue weighted by Gasteiger charge is 2.13. The van der Waals surface area contributed by atoms with Gasteiger partial charge >= 0.3 is 5.97 Å². The maximum atomic E-state index is 12.9. The Kier molecular flexibility index (Phi) is 4.45. The van der Waals surface area contributed by atoms with E-state index in [4.69, 9.17) is 16.7 Å². The Balaban J connectivity index is 2.70. The number of amides is 1. The Morgan fingerprint density at radius 3 is 2.71 bits per heavy atom. The van der Waals surface area contributed by atoms with Crippen LogP contribution >= 0.6 is 11.6 Å². The molecule has 0 saturated heterocycles. The Morgan fingerprint density at radius 1 is 1.53 bits per heavy atom. The third-order valence-corrected chi connectivity index (χ3v) is 2.33. The van der Waals surface area contributed by atoms with Crippen molar-refractivity contribution in [2.75, 3.05) is 0 Å². The van der Waals surface area contributed by atoms with Gasteiger partial charge in [-0.25, -0.2) is 4.39 Å². The first-order valence-electron chi connectivity index (χ1n) is 4.88. The number of carboxylic acids is 1. The van der Waals surface area contributed by atoms with Gasteiger partial charge in [-0.05, 0) is 25.1 Å². The molecule has 0 aromatic heterocycles. The van der Waals surface area contributed by atoms with E-state index in [9.17, 15) is 14.0 Å². The van der Waals surface area contributed by atoms with Crippen molar-refractivity contribution in [3.63, 3.8) is 0 Å². The molecule has 1 aromatic carbocycles. The van der Waals surface area contributed by atoms with Gasteiger partial charge in [-0.2, -0.15) is 0 Å². The van der Waals surface area contributed by atoms with Crippen LogP contribution in [0.2, 0.25) is 5.02 Å². The first-order chi connectivity index (χ1) is 7.90. The molecule has 0 aliphatic carbocycles. The summed E-state index contributed by atoms with van der Waals surface area (Å²) in [5, 5.41) is 10.8. The summed E-state index contributed by atoms with van der Waals surface area (Å²) in [6.45, 7) is 1.57. The summed E-state index contributed by atoms with van der Waals surface area (Å²) >= 11 is 5.53. The molecule has 6 heteroatoms. The lowest BCUT2D eigenvalue weighted by Crippen LogP contribution is -2.34. The highest BCUT2D eigenvalue weighted by molar-refractivity contribution is 6.31. The monoisotopic (exact) mass is 259 g/mol. The van der Waals surface area contributed by atoms with E-state index in [1.54, 1.807) is 6.92 Å². The molecule has 1 unspecified atom stereocenters. The van der Waals surface area contributed by atoms with E-state index >= 15 is 0 Å². The molecule has 0 fully saturated rings. The van der Waals surface area contributed by atoms with E-state index in [-0.39, 0.29) is 17.0 Å². The average molecular weight is 260 g/mol. The third-order valence-electron chi connectivity index (χ3n) is 2.04. The molecule has 0 radical (unpaired) electrons. The summed E-state index contributed by atoms with van der Waals surface area (Å²) in [5.74, 6) is -2.10. The normalized spacial score (nSPS) is 11.9. The molecule has 0 aliphatic heterocycles. The number of benzene rings is 1. The SMILES string of the molecule is CC(CC(=O)O)NC(=O)c1ccc(F)c(Cl)c1. The molecule has 0 aliphatic rings. The lowest BCUT2D eigenvalue weighted by atomic mass is 10.1. The molecule has 1 aromatic rings. The Labute approximate surface area is 102 Å². The van der Waals surface area contributed by atoms with Crippen LogP contribution in [0.3, 0.4) is 0 Å². The topological polar surface area (TPSA) is 66.4 Å². The van der Waals surface area contributed by atoms with Crippen LogP contribution in [0.1, 0.15) is 23.7 Å². The maximum absolute atomic E-state index is 12.9. The van der Waals surface area contributed by atoms with Crippen LogP contribution < -0.4 is 5.32 Å². The largest absolute Gasteiger partial charge is 0.481 e. The van der Waals surface area contributed by atoms with Gasteiger partial charge in [0.2, 0.25) is 0 Å². The molecular weight excluding hydrogens is 249 g/mol. The van der Waals surface area contributed by atoms with Gasteiger partial charge in [-0.1, -0.05) is 11.6 Å². The number of aliphatic carboxylic acids is 1. The first-order valence-corrected chi connectivity index (χ1v) is 5.25. The van der Waals surface area contributed by atoms with E-state index in [1.807, 2.05) is 0 Å². The fourth-order valence-corrected chi connectivity index (χ4v) is 1.44. The Hall–Kier alpha value is -1.62. The van der Waals surface area contributed by atoms with Crippen molar-refractivity contribution in [2.45, 2.75) is 19.4 Å². The van der Waals surface area contributed by atoms with Crippen molar-refractivity contribution < 1.29 is 19.1 Å². The van der Waals surface area contributed by atoms with Crippen molar-refractivity contribution >= 4 is 23.5 Å². The summed E-state index contributed by atoms with van der Waals surface area (Å²) in [6.07, 6.45) is -0.180. The molecule has 92 valence electrons. The van der Waals surface area contributed by atoms with Crippen molar-refractivity contribution in [2.24, 2.45) is 0 Å². The van der Waals surface area contributed by atoms with Crippen LogP contribution in [0, 0.1) is 5.82 Å². The van der Waals surface area contributed by atoms with Gasteiger partial charge in [-0.15, -0.1) is 0 Å².